The van der Waals surface area contributed by atoms with Gasteiger partial charge in [-0.05, 0) is 61.6 Å². The minimum absolute atomic E-state index is 0. The second kappa shape index (κ2) is 8.82. The Labute approximate surface area is 183 Å². The Morgan fingerprint density at radius 2 is 1.79 bits per heavy atom. The molecule has 1 saturated heterocycles. The summed E-state index contributed by atoms with van der Waals surface area (Å²) in [6.07, 6.45) is 3.85. The van der Waals surface area contributed by atoms with Crippen molar-refractivity contribution in [2.75, 3.05) is 30.3 Å². The van der Waals surface area contributed by atoms with Crippen LogP contribution < -0.4 is 16.4 Å². The number of rotatable bonds is 4. The lowest BCUT2D eigenvalue weighted by Gasteiger charge is -2.42. The highest BCUT2D eigenvalue weighted by Crippen LogP contribution is 2.41. The molecule has 0 radical (unpaired) electrons. The molecule has 2 amide bonds. The monoisotopic (exact) mass is 434 g/mol. The van der Waals surface area contributed by atoms with E-state index in [1.807, 2.05) is 52.3 Å². The van der Waals surface area contributed by atoms with Gasteiger partial charge in [-0.2, -0.15) is 0 Å². The number of benzene rings is 2. The topological polar surface area (TPSA) is 75.6 Å². The van der Waals surface area contributed by atoms with Gasteiger partial charge in [0.25, 0.3) is 0 Å². The smallest absolute Gasteiger partial charge is 0.324 e. The zero-order chi connectivity index (χ0) is 19.7. The van der Waals surface area contributed by atoms with E-state index in [1.54, 1.807) is 0 Å². The van der Waals surface area contributed by atoms with E-state index >= 15 is 0 Å². The fraction of sp³-hybridized carbons (Fsp3) is 0.409. The van der Waals surface area contributed by atoms with E-state index in [9.17, 15) is 4.79 Å². The number of carbonyl (C=O) groups excluding carboxylic acids is 1. The molecule has 2 fully saturated rings. The minimum atomic E-state index is -0.0439. The van der Waals surface area contributed by atoms with Crippen LogP contribution in [0.5, 0.6) is 0 Å². The summed E-state index contributed by atoms with van der Waals surface area (Å²) < 4.78 is 0. The SMILES string of the molecule is Cl.NC[C@]1(c2cccc(Cl)c2)CC[C@@H](N2CCN(c3cccc(N)c3)C2=O)CC1. The second-order valence-corrected chi connectivity index (χ2v) is 8.39. The average Bonchev–Trinajstić information content (AvgIpc) is 3.09. The van der Waals surface area contributed by atoms with Gasteiger partial charge in [0, 0.05) is 47.5 Å². The number of carbonyl (C=O) groups is 1. The number of amides is 2. The highest BCUT2D eigenvalue weighted by molar-refractivity contribution is 6.30. The second-order valence-electron chi connectivity index (χ2n) is 7.95. The number of hydrogen-bond acceptors (Lipinski definition) is 3. The van der Waals surface area contributed by atoms with E-state index < -0.39 is 0 Å². The van der Waals surface area contributed by atoms with Crippen LogP contribution in [0.15, 0.2) is 48.5 Å². The molecule has 5 nitrogen and oxygen atoms in total. The summed E-state index contributed by atoms with van der Waals surface area (Å²) >= 11 is 6.21. The van der Waals surface area contributed by atoms with Crippen molar-refractivity contribution < 1.29 is 4.79 Å². The van der Waals surface area contributed by atoms with Crippen LogP contribution in [0, 0.1) is 0 Å². The molecular formula is C22H28Cl2N4O. The predicted octanol–water partition coefficient (Wildman–Crippen LogP) is 4.43. The first-order valence-corrected chi connectivity index (χ1v) is 10.3. The Balaban J connectivity index is 0.00000240. The van der Waals surface area contributed by atoms with Gasteiger partial charge in [0.2, 0.25) is 0 Å². The normalized spacial score (nSPS) is 24.5. The number of anilines is 2. The van der Waals surface area contributed by atoms with Crippen molar-refractivity contribution in [3.05, 3.63) is 59.1 Å². The standard InChI is InChI=1S/C22H27ClN4O.ClH/c23-17-4-1-3-16(13-17)22(15-24)9-7-19(8-10-22)26-11-12-27(21(26)28)20-6-2-5-18(25)14-20;/h1-6,13-14,19H,7-12,15,24-25H2;1H/t19-,22+;. The summed E-state index contributed by atoms with van der Waals surface area (Å²) in [7, 11) is 0. The van der Waals surface area contributed by atoms with Gasteiger partial charge in [0.15, 0.2) is 0 Å². The molecule has 1 aliphatic heterocycles. The number of nitrogens with two attached hydrogens (primary N) is 2. The molecule has 1 aliphatic carbocycles. The number of halogens is 2. The maximum Gasteiger partial charge on any atom is 0.324 e. The van der Waals surface area contributed by atoms with Crippen molar-refractivity contribution in [3.63, 3.8) is 0 Å². The maximum atomic E-state index is 13.0. The van der Waals surface area contributed by atoms with E-state index in [1.165, 1.54) is 5.56 Å². The average molecular weight is 435 g/mol. The molecule has 4 rings (SSSR count). The van der Waals surface area contributed by atoms with Crippen LogP contribution >= 0.6 is 24.0 Å². The largest absolute Gasteiger partial charge is 0.399 e. The van der Waals surface area contributed by atoms with E-state index in [0.29, 0.717) is 18.8 Å². The molecule has 4 N–H and O–H groups in total. The van der Waals surface area contributed by atoms with Gasteiger partial charge < -0.3 is 16.4 Å². The van der Waals surface area contributed by atoms with Crippen molar-refractivity contribution >= 4 is 41.4 Å². The summed E-state index contributed by atoms with van der Waals surface area (Å²) in [6.45, 7) is 2.06. The van der Waals surface area contributed by atoms with Gasteiger partial charge in [0.1, 0.15) is 0 Å². The lowest BCUT2D eigenvalue weighted by atomic mass is 9.68. The van der Waals surface area contributed by atoms with E-state index in [2.05, 4.69) is 6.07 Å². The van der Waals surface area contributed by atoms with Gasteiger partial charge in [-0.25, -0.2) is 4.79 Å². The molecular weight excluding hydrogens is 407 g/mol. The number of nitrogens with zero attached hydrogens (tertiary/aromatic N) is 2. The summed E-state index contributed by atoms with van der Waals surface area (Å²) in [5.74, 6) is 0. The van der Waals surface area contributed by atoms with Gasteiger partial charge in [0.05, 0.1) is 0 Å². The fourth-order valence-corrected chi connectivity index (χ4v) is 4.91. The van der Waals surface area contributed by atoms with E-state index in [0.717, 1.165) is 42.9 Å². The van der Waals surface area contributed by atoms with Gasteiger partial charge in [-0.3, -0.25) is 4.90 Å². The number of hydrogen-bond donors (Lipinski definition) is 2. The highest BCUT2D eigenvalue weighted by Gasteiger charge is 2.41. The van der Waals surface area contributed by atoms with Crippen molar-refractivity contribution in [1.82, 2.24) is 4.90 Å². The Morgan fingerprint density at radius 3 is 2.45 bits per heavy atom. The molecule has 1 saturated carbocycles. The van der Waals surface area contributed by atoms with Crippen LogP contribution in [0.4, 0.5) is 16.2 Å². The first-order chi connectivity index (χ1) is 13.5. The van der Waals surface area contributed by atoms with E-state index in [-0.39, 0.29) is 29.9 Å². The highest BCUT2D eigenvalue weighted by atomic mass is 35.5. The Bertz CT molecular complexity index is 867. The fourth-order valence-electron chi connectivity index (χ4n) is 4.72. The van der Waals surface area contributed by atoms with Crippen molar-refractivity contribution in [2.45, 2.75) is 37.1 Å². The molecule has 0 bridgehead atoms. The van der Waals surface area contributed by atoms with Crippen LogP contribution in [0.3, 0.4) is 0 Å². The number of nitrogen functional groups attached to an aromatic ring is 1. The first-order valence-electron chi connectivity index (χ1n) is 9.92. The molecule has 156 valence electrons. The zero-order valence-electron chi connectivity index (χ0n) is 16.4. The Hall–Kier alpha value is -1.95. The Morgan fingerprint density at radius 1 is 1.07 bits per heavy atom. The predicted molar refractivity (Wildman–Crippen MR) is 122 cm³/mol. The minimum Gasteiger partial charge on any atom is -0.399 e. The lowest BCUT2D eigenvalue weighted by molar-refractivity contribution is 0.156. The lowest BCUT2D eigenvalue weighted by Crippen LogP contribution is -2.46. The Kier molecular flexibility index (Phi) is 6.62. The molecule has 0 spiro atoms. The van der Waals surface area contributed by atoms with Crippen LogP contribution in [0.25, 0.3) is 0 Å². The van der Waals surface area contributed by atoms with Crippen LogP contribution in [0.2, 0.25) is 5.02 Å². The molecule has 0 unspecified atom stereocenters. The summed E-state index contributed by atoms with van der Waals surface area (Å²) in [4.78, 5) is 16.9. The number of urea groups is 1. The van der Waals surface area contributed by atoms with E-state index in [4.69, 9.17) is 23.1 Å². The molecule has 0 aromatic heterocycles. The summed E-state index contributed by atoms with van der Waals surface area (Å²) in [5, 5.41) is 0.750. The van der Waals surface area contributed by atoms with Gasteiger partial charge in [-0.1, -0.05) is 29.8 Å². The summed E-state index contributed by atoms with van der Waals surface area (Å²) in [6, 6.07) is 15.9. The molecule has 2 aliphatic rings. The molecule has 7 heteroatoms. The molecule has 29 heavy (non-hydrogen) atoms. The molecule has 2 aromatic rings. The van der Waals surface area contributed by atoms with Crippen molar-refractivity contribution in [2.24, 2.45) is 5.73 Å². The van der Waals surface area contributed by atoms with Crippen molar-refractivity contribution in [1.29, 1.82) is 0 Å². The van der Waals surface area contributed by atoms with Gasteiger partial charge >= 0.3 is 6.03 Å². The maximum absolute atomic E-state index is 13.0. The van der Waals surface area contributed by atoms with Crippen LogP contribution in [0.1, 0.15) is 31.2 Å². The molecule has 1 heterocycles. The van der Waals surface area contributed by atoms with Crippen molar-refractivity contribution in [3.8, 4) is 0 Å². The van der Waals surface area contributed by atoms with Crippen LogP contribution in [-0.4, -0.2) is 36.6 Å². The third kappa shape index (κ3) is 4.18. The summed E-state index contributed by atoms with van der Waals surface area (Å²) in [5.41, 5.74) is 14.8. The quantitative estimate of drug-likeness (QED) is 0.698. The van der Waals surface area contributed by atoms with Gasteiger partial charge in [-0.15, -0.1) is 12.4 Å². The van der Waals surface area contributed by atoms with Crippen LogP contribution in [-0.2, 0) is 5.41 Å². The zero-order valence-corrected chi connectivity index (χ0v) is 18.0. The third-order valence-corrected chi connectivity index (χ3v) is 6.64. The molecule has 2 aromatic carbocycles. The molecule has 0 atom stereocenters. The first kappa shape index (κ1) is 21.8. The third-order valence-electron chi connectivity index (χ3n) is 6.40.